The van der Waals surface area contributed by atoms with Crippen LogP contribution in [0.2, 0.25) is 0 Å². The molecule has 0 amide bonds. The predicted molar refractivity (Wildman–Crippen MR) is 99.1 cm³/mol. The van der Waals surface area contributed by atoms with Gasteiger partial charge in [-0.05, 0) is 49.1 Å². The van der Waals surface area contributed by atoms with Crippen LogP contribution in [0, 0.1) is 13.8 Å². The number of nitrogens with one attached hydrogen (secondary N) is 1. The fourth-order valence-electron chi connectivity index (χ4n) is 2.62. The van der Waals surface area contributed by atoms with E-state index in [1.165, 1.54) is 19.2 Å². The third-order valence-electron chi connectivity index (χ3n) is 4.21. The Morgan fingerprint density at radius 2 is 1.78 bits per heavy atom. The van der Waals surface area contributed by atoms with Crippen molar-refractivity contribution in [2.24, 2.45) is 0 Å². The van der Waals surface area contributed by atoms with E-state index in [4.69, 9.17) is 0 Å². The van der Waals surface area contributed by atoms with Crippen molar-refractivity contribution < 1.29 is 27.9 Å². The van der Waals surface area contributed by atoms with E-state index < -0.39 is 28.0 Å². The molecule has 0 unspecified atom stereocenters. The Balaban J connectivity index is 2.40. The molecule has 0 bridgehead atoms. The fraction of sp³-hybridized carbons (Fsp3) is 0.263. The number of esters is 1. The minimum absolute atomic E-state index is 0.00980. The Hall–Kier alpha value is -2.71. The second-order valence-corrected chi connectivity index (χ2v) is 7.79. The van der Waals surface area contributed by atoms with Crippen LogP contribution in [-0.2, 0) is 26.0 Å². The lowest BCUT2D eigenvalue weighted by Crippen LogP contribution is -2.42. The summed E-state index contributed by atoms with van der Waals surface area (Å²) in [5.41, 5.74) is 1.77. The Morgan fingerprint density at radius 1 is 1.15 bits per heavy atom. The first-order valence-electron chi connectivity index (χ1n) is 8.14. The Bertz CT molecular complexity index is 954. The number of carbonyl (C=O) groups excluding carboxylic acids is 1. The zero-order valence-corrected chi connectivity index (χ0v) is 16.0. The molecular weight excluding hydrogens is 370 g/mol. The predicted octanol–water partition coefficient (Wildman–Crippen LogP) is 2.06. The van der Waals surface area contributed by atoms with Crippen LogP contribution < -0.4 is 4.72 Å². The minimum Gasteiger partial charge on any atom is -0.480 e. The van der Waals surface area contributed by atoms with E-state index in [-0.39, 0.29) is 16.9 Å². The SMILES string of the molecule is COC(=O)c1cc(C)c(C)c(S(=O)(=O)N[C@@H](Cc2ccccc2)C(=O)O)c1. The van der Waals surface area contributed by atoms with Crippen molar-refractivity contribution in [2.75, 3.05) is 7.11 Å². The molecule has 8 heteroatoms. The number of sulfonamides is 1. The average Bonchev–Trinajstić information content (AvgIpc) is 2.63. The number of carboxylic acid groups (broad SMARTS) is 1. The topological polar surface area (TPSA) is 110 Å². The molecule has 2 aromatic carbocycles. The van der Waals surface area contributed by atoms with Gasteiger partial charge in [0.15, 0.2) is 0 Å². The van der Waals surface area contributed by atoms with Crippen molar-refractivity contribution in [3.63, 3.8) is 0 Å². The summed E-state index contributed by atoms with van der Waals surface area (Å²) in [5.74, 6) is -1.96. The molecule has 0 saturated carbocycles. The molecule has 0 aliphatic carbocycles. The summed E-state index contributed by atoms with van der Waals surface area (Å²) in [5, 5.41) is 9.45. The summed E-state index contributed by atoms with van der Waals surface area (Å²) in [6.07, 6.45) is -0.00980. The molecule has 0 fully saturated rings. The van der Waals surface area contributed by atoms with Gasteiger partial charge in [0.2, 0.25) is 10.0 Å². The molecular formula is C19H21NO6S. The number of methoxy groups -OCH3 is 1. The molecule has 0 aliphatic rings. The van der Waals surface area contributed by atoms with Gasteiger partial charge in [0.05, 0.1) is 17.6 Å². The molecule has 7 nitrogen and oxygen atoms in total. The monoisotopic (exact) mass is 391 g/mol. The summed E-state index contributed by atoms with van der Waals surface area (Å²) in [7, 11) is -2.98. The number of aliphatic carboxylic acids is 1. The summed E-state index contributed by atoms with van der Waals surface area (Å²) in [6, 6.07) is 10.1. The van der Waals surface area contributed by atoms with Crippen molar-refractivity contribution in [2.45, 2.75) is 31.2 Å². The maximum atomic E-state index is 12.8. The van der Waals surface area contributed by atoms with Crippen molar-refractivity contribution in [1.82, 2.24) is 4.72 Å². The van der Waals surface area contributed by atoms with Crippen molar-refractivity contribution in [3.8, 4) is 0 Å². The van der Waals surface area contributed by atoms with Crippen LogP contribution >= 0.6 is 0 Å². The second-order valence-electron chi connectivity index (χ2n) is 6.11. The lowest BCUT2D eigenvalue weighted by atomic mass is 10.1. The molecule has 27 heavy (non-hydrogen) atoms. The number of hydrogen-bond donors (Lipinski definition) is 2. The lowest BCUT2D eigenvalue weighted by Gasteiger charge is -2.17. The van der Waals surface area contributed by atoms with Crippen molar-refractivity contribution >= 4 is 22.0 Å². The molecule has 2 N–H and O–H groups in total. The first kappa shape index (κ1) is 20.6. The molecule has 0 saturated heterocycles. The largest absolute Gasteiger partial charge is 0.480 e. The number of carboxylic acids is 1. The standard InChI is InChI=1S/C19H21NO6S/c1-12-9-15(19(23)26-3)11-17(13(12)2)27(24,25)20-16(18(21)22)10-14-7-5-4-6-8-14/h4-9,11,16,20H,10H2,1-3H3,(H,21,22)/t16-/m0/s1. The highest BCUT2D eigenvalue weighted by molar-refractivity contribution is 7.89. The van der Waals surface area contributed by atoms with Crippen molar-refractivity contribution in [3.05, 3.63) is 64.7 Å². The van der Waals surface area contributed by atoms with Gasteiger partial charge >= 0.3 is 11.9 Å². The van der Waals surface area contributed by atoms with Crippen molar-refractivity contribution in [1.29, 1.82) is 0 Å². The summed E-state index contributed by atoms with van der Waals surface area (Å²) in [4.78, 5) is 23.2. The summed E-state index contributed by atoms with van der Waals surface area (Å²) < 4.78 is 32.6. The summed E-state index contributed by atoms with van der Waals surface area (Å²) in [6.45, 7) is 3.26. The maximum absolute atomic E-state index is 12.8. The molecule has 0 spiro atoms. The van der Waals surface area contributed by atoms with Gasteiger partial charge in [-0.25, -0.2) is 13.2 Å². The Morgan fingerprint density at radius 3 is 2.33 bits per heavy atom. The first-order chi connectivity index (χ1) is 12.7. The van der Waals surface area contributed by atoms with Gasteiger partial charge in [0, 0.05) is 0 Å². The molecule has 2 aromatic rings. The zero-order chi connectivity index (χ0) is 20.2. The smallest absolute Gasteiger partial charge is 0.337 e. The second kappa shape index (κ2) is 8.32. The zero-order valence-electron chi connectivity index (χ0n) is 15.2. The van der Waals surface area contributed by atoms with E-state index in [1.54, 1.807) is 44.2 Å². The van der Waals surface area contributed by atoms with E-state index in [9.17, 15) is 23.1 Å². The number of aryl methyl sites for hydroxylation is 1. The van der Waals surface area contributed by atoms with E-state index in [2.05, 4.69) is 9.46 Å². The van der Waals surface area contributed by atoms with Crippen LogP contribution in [0.3, 0.4) is 0 Å². The molecule has 0 heterocycles. The van der Waals surface area contributed by atoms with Gasteiger partial charge in [-0.2, -0.15) is 4.72 Å². The van der Waals surface area contributed by atoms with Crippen LogP contribution in [0.15, 0.2) is 47.4 Å². The third kappa shape index (κ3) is 4.93. The Labute approximate surface area is 158 Å². The quantitative estimate of drug-likeness (QED) is 0.699. The fourth-order valence-corrected chi connectivity index (χ4v) is 4.15. The number of rotatable bonds is 7. The van der Waals surface area contributed by atoms with Gasteiger partial charge in [-0.1, -0.05) is 30.3 Å². The van der Waals surface area contributed by atoms with Gasteiger partial charge in [0.25, 0.3) is 0 Å². The number of hydrogen-bond acceptors (Lipinski definition) is 5. The highest BCUT2D eigenvalue weighted by Crippen LogP contribution is 2.22. The highest BCUT2D eigenvalue weighted by Gasteiger charge is 2.28. The molecule has 144 valence electrons. The maximum Gasteiger partial charge on any atom is 0.337 e. The van der Waals surface area contributed by atoms with E-state index in [1.807, 2.05) is 0 Å². The van der Waals surface area contributed by atoms with Gasteiger partial charge in [0.1, 0.15) is 6.04 Å². The van der Waals surface area contributed by atoms with Crippen LogP contribution in [-0.4, -0.2) is 38.6 Å². The van der Waals surface area contributed by atoms with Gasteiger partial charge in [-0.15, -0.1) is 0 Å². The molecule has 0 aromatic heterocycles. The normalized spacial score (nSPS) is 12.4. The van der Waals surface area contributed by atoms with E-state index in [0.29, 0.717) is 16.7 Å². The van der Waals surface area contributed by atoms with Gasteiger partial charge in [-0.3, -0.25) is 4.79 Å². The number of ether oxygens (including phenoxy) is 1. The van der Waals surface area contributed by atoms with Crippen LogP contribution in [0.25, 0.3) is 0 Å². The first-order valence-corrected chi connectivity index (χ1v) is 9.62. The Kier molecular flexibility index (Phi) is 6.35. The molecule has 0 radical (unpaired) electrons. The highest BCUT2D eigenvalue weighted by atomic mass is 32.2. The third-order valence-corrected chi connectivity index (χ3v) is 5.81. The van der Waals surface area contributed by atoms with Crippen LogP contribution in [0.4, 0.5) is 0 Å². The average molecular weight is 391 g/mol. The minimum atomic E-state index is -4.18. The lowest BCUT2D eigenvalue weighted by molar-refractivity contribution is -0.138. The summed E-state index contributed by atoms with van der Waals surface area (Å²) >= 11 is 0. The van der Waals surface area contributed by atoms with Crippen LogP contribution in [0.5, 0.6) is 0 Å². The molecule has 0 aliphatic heterocycles. The molecule has 1 atom stereocenters. The molecule has 2 rings (SSSR count). The van der Waals surface area contributed by atoms with E-state index in [0.717, 1.165) is 0 Å². The number of carbonyl (C=O) groups is 2. The number of benzene rings is 2. The van der Waals surface area contributed by atoms with Crippen LogP contribution in [0.1, 0.15) is 27.0 Å². The van der Waals surface area contributed by atoms with Gasteiger partial charge < -0.3 is 9.84 Å². The van der Waals surface area contributed by atoms with E-state index >= 15 is 0 Å².